The van der Waals surface area contributed by atoms with Crippen LogP contribution in [-0.4, -0.2) is 17.7 Å². The van der Waals surface area contributed by atoms with Crippen LogP contribution in [0.2, 0.25) is 0 Å². The maximum atomic E-state index is 10.8. The second-order valence-electron chi connectivity index (χ2n) is 3.07. The van der Waals surface area contributed by atoms with Gasteiger partial charge in [0.15, 0.2) is 0 Å². The van der Waals surface area contributed by atoms with E-state index >= 15 is 0 Å². The van der Waals surface area contributed by atoms with E-state index in [-0.39, 0.29) is 12.2 Å². The number of rotatable bonds is 1. The number of carbonyl (C=O) groups is 1. The minimum absolute atomic E-state index is 0.0998. The highest BCUT2D eigenvalue weighted by atomic mass is 79.9. The van der Waals surface area contributed by atoms with Gasteiger partial charge >= 0.3 is 5.97 Å². The van der Waals surface area contributed by atoms with Crippen molar-refractivity contribution in [3.05, 3.63) is 32.2 Å². The van der Waals surface area contributed by atoms with Gasteiger partial charge in [0, 0.05) is 10.0 Å². The number of benzene rings is 1. The van der Waals surface area contributed by atoms with Gasteiger partial charge in [-0.15, -0.1) is 0 Å². The Kier molecular flexibility index (Phi) is 2.84. The fourth-order valence-corrected chi connectivity index (χ4v) is 2.72. The molecule has 15 heavy (non-hydrogen) atoms. The molecule has 78 valence electrons. The summed E-state index contributed by atoms with van der Waals surface area (Å²) in [6.45, 7) is 0.0998. The highest BCUT2D eigenvalue weighted by Crippen LogP contribution is 2.36. The molecule has 0 spiro atoms. The van der Waals surface area contributed by atoms with Crippen LogP contribution in [0.4, 0.5) is 0 Å². The molecule has 0 fully saturated rings. The Bertz CT molecular complexity index is 466. The second kappa shape index (κ2) is 3.98. The Hall–Kier alpha value is -0.810. The molecule has 0 unspecified atom stereocenters. The molecule has 1 aliphatic rings. The fourth-order valence-electron chi connectivity index (χ4n) is 1.34. The molecule has 1 aliphatic heterocycles. The van der Waals surface area contributed by atoms with Gasteiger partial charge in [0.1, 0.15) is 12.4 Å². The summed E-state index contributed by atoms with van der Waals surface area (Å²) in [6, 6.07) is 3.68. The van der Waals surface area contributed by atoms with Gasteiger partial charge in [-0.05, 0) is 34.1 Å². The summed E-state index contributed by atoms with van der Waals surface area (Å²) >= 11 is 6.69. The smallest absolute Gasteiger partial charge is 0.335 e. The van der Waals surface area contributed by atoms with E-state index < -0.39 is 5.97 Å². The van der Waals surface area contributed by atoms with Crippen LogP contribution >= 0.6 is 31.9 Å². The van der Waals surface area contributed by atoms with Gasteiger partial charge in [0.2, 0.25) is 0 Å². The van der Waals surface area contributed by atoms with E-state index in [1.807, 2.05) is 12.1 Å². The summed E-state index contributed by atoms with van der Waals surface area (Å²) in [5.41, 5.74) is 1.02. The van der Waals surface area contributed by atoms with Gasteiger partial charge in [0.25, 0.3) is 0 Å². The number of ether oxygens (including phenoxy) is 1. The van der Waals surface area contributed by atoms with Crippen molar-refractivity contribution in [2.45, 2.75) is 0 Å². The van der Waals surface area contributed by atoms with Gasteiger partial charge in [-0.3, -0.25) is 0 Å². The number of fused-ring (bicyclic) bond motifs is 1. The lowest BCUT2D eigenvalue weighted by Crippen LogP contribution is -2.14. The number of hydrogen-bond acceptors (Lipinski definition) is 2. The van der Waals surface area contributed by atoms with Gasteiger partial charge in [-0.25, -0.2) is 4.79 Å². The van der Waals surface area contributed by atoms with E-state index in [0.29, 0.717) is 5.75 Å². The summed E-state index contributed by atoms with van der Waals surface area (Å²) in [6.07, 6.45) is 1.62. The SMILES string of the molecule is O=C(O)C1=Cc2cc(Br)cc(Br)c2OC1. The highest BCUT2D eigenvalue weighted by Gasteiger charge is 2.18. The molecular weight excluding hydrogens is 328 g/mol. The molecule has 2 rings (SSSR count). The lowest BCUT2D eigenvalue weighted by Gasteiger charge is -2.17. The molecule has 1 N–H and O–H groups in total. The minimum Gasteiger partial charge on any atom is -0.487 e. The average Bonchev–Trinajstić information content (AvgIpc) is 2.16. The zero-order valence-electron chi connectivity index (χ0n) is 7.46. The van der Waals surface area contributed by atoms with Crippen LogP contribution < -0.4 is 4.74 Å². The molecule has 0 radical (unpaired) electrons. The largest absolute Gasteiger partial charge is 0.487 e. The van der Waals surface area contributed by atoms with Crippen molar-refractivity contribution in [3.8, 4) is 5.75 Å². The van der Waals surface area contributed by atoms with Crippen molar-refractivity contribution in [1.82, 2.24) is 0 Å². The van der Waals surface area contributed by atoms with Crippen LogP contribution in [-0.2, 0) is 4.79 Å². The number of carboxylic acid groups (broad SMARTS) is 1. The van der Waals surface area contributed by atoms with E-state index in [2.05, 4.69) is 31.9 Å². The molecule has 0 bridgehead atoms. The Labute approximate surface area is 103 Å². The van der Waals surface area contributed by atoms with Crippen LogP contribution in [0.5, 0.6) is 5.75 Å². The van der Waals surface area contributed by atoms with Crippen LogP contribution in [0.1, 0.15) is 5.56 Å². The molecule has 1 heterocycles. The molecule has 0 aromatic heterocycles. The Morgan fingerprint density at radius 3 is 2.80 bits per heavy atom. The minimum atomic E-state index is -0.947. The lowest BCUT2D eigenvalue weighted by atomic mass is 10.1. The van der Waals surface area contributed by atoms with Gasteiger partial charge in [-0.1, -0.05) is 15.9 Å². The van der Waals surface area contributed by atoms with Crippen molar-refractivity contribution in [2.75, 3.05) is 6.61 Å². The zero-order valence-corrected chi connectivity index (χ0v) is 10.6. The quantitative estimate of drug-likeness (QED) is 0.859. The average molecular weight is 334 g/mol. The van der Waals surface area contributed by atoms with Crippen LogP contribution in [0.25, 0.3) is 6.08 Å². The van der Waals surface area contributed by atoms with Crippen LogP contribution in [0.15, 0.2) is 26.7 Å². The zero-order chi connectivity index (χ0) is 11.0. The van der Waals surface area contributed by atoms with Crippen molar-refractivity contribution in [1.29, 1.82) is 0 Å². The first-order chi connectivity index (χ1) is 7.08. The van der Waals surface area contributed by atoms with E-state index in [1.54, 1.807) is 6.08 Å². The van der Waals surface area contributed by atoms with Crippen LogP contribution in [0, 0.1) is 0 Å². The topological polar surface area (TPSA) is 46.5 Å². The van der Waals surface area contributed by atoms with Crippen molar-refractivity contribution in [2.24, 2.45) is 0 Å². The first-order valence-corrected chi connectivity index (χ1v) is 5.72. The van der Waals surface area contributed by atoms with E-state index in [0.717, 1.165) is 14.5 Å². The Morgan fingerprint density at radius 2 is 2.13 bits per heavy atom. The number of hydrogen-bond donors (Lipinski definition) is 1. The van der Waals surface area contributed by atoms with Gasteiger partial charge in [0.05, 0.1) is 10.0 Å². The fraction of sp³-hybridized carbons (Fsp3) is 0.100. The normalized spacial score (nSPS) is 13.9. The summed E-state index contributed by atoms with van der Waals surface area (Å²) < 4.78 is 7.05. The van der Waals surface area contributed by atoms with Crippen LogP contribution in [0.3, 0.4) is 0 Å². The Balaban J connectivity index is 2.54. The standard InChI is InChI=1S/C10H6Br2O3/c11-7-2-5-1-6(10(13)14)4-15-9(5)8(12)3-7/h1-3H,4H2,(H,13,14). The van der Waals surface area contributed by atoms with E-state index in [4.69, 9.17) is 9.84 Å². The third kappa shape index (κ3) is 2.08. The van der Waals surface area contributed by atoms with Gasteiger partial charge in [-0.2, -0.15) is 0 Å². The van der Waals surface area contributed by atoms with E-state index in [9.17, 15) is 4.79 Å². The third-order valence-electron chi connectivity index (χ3n) is 2.01. The maximum absolute atomic E-state index is 10.8. The molecule has 5 heteroatoms. The highest BCUT2D eigenvalue weighted by molar-refractivity contribution is 9.11. The molecule has 0 saturated carbocycles. The van der Waals surface area contributed by atoms with Crippen molar-refractivity contribution >= 4 is 43.9 Å². The Morgan fingerprint density at radius 1 is 1.40 bits per heavy atom. The summed E-state index contributed by atoms with van der Waals surface area (Å²) in [5, 5.41) is 8.83. The first kappa shape index (κ1) is 10.7. The molecule has 0 saturated heterocycles. The predicted octanol–water partition coefficient (Wildman–Crippen LogP) is 3.07. The lowest BCUT2D eigenvalue weighted by molar-refractivity contribution is -0.132. The first-order valence-electron chi connectivity index (χ1n) is 4.13. The molecule has 1 aromatic rings. The molecule has 1 aromatic carbocycles. The summed E-state index contributed by atoms with van der Waals surface area (Å²) in [5.74, 6) is -0.264. The molecule has 0 aliphatic carbocycles. The monoisotopic (exact) mass is 332 g/mol. The number of halogens is 2. The van der Waals surface area contributed by atoms with Crippen molar-refractivity contribution < 1.29 is 14.6 Å². The molecule has 0 amide bonds. The number of aliphatic carboxylic acids is 1. The molecule has 0 atom stereocenters. The number of carboxylic acids is 1. The third-order valence-corrected chi connectivity index (χ3v) is 3.06. The van der Waals surface area contributed by atoms with E-state index in [1.165, 1.54) is 0 Å². The maximum Gasteiger partial charge on any atom is 0.335 e. The summed E-state index contributed by atoms with van der Waals surface area (Å²) in [7, 11) is 0. The van der Waals surface area contributed by atoms with Gasteiger partial charge < -0.3 is 9.84 Å². The predicted molar refractivity (Wildman–Crippen MR) is 62.9 cm³/mol. The van der Waals surface area contributed by atoms with Crippen molar-refractivity contribution in [3.63, 3.8) is 0 Å². The molecular formula is C10H6Br2O3. The second-order valence-corrected chi connectivity index (χ2v) is 4.84. The summed E-state index contributed by atoms with van der Waals surface area (Å²) in [4.78, 5) is 10.8. The molecule has 3 nitrogen and oxygen atoms in total.